The molecule has 0 N–H and O–H groups in total. The van der Waals surface area contributed by atoms with Crippen LogP contribution in [0.1, 0.15) is 29.2 Å². The molecule has 168 valence electrons. The van der Waals surface area contributed by atoms with E-state index in [2.05, 4.69) is 16.8 Å². The predicted octanol–water partition coefficient (Wildman–Crippen LogP) is 5.25. The van der Waals surface area contributed by atoms with E-state index in [1.165, 1.54) is 18.9 Å². The normalized spacial score (nSPS) is 11.6. The number of ether oxygens (including phenoxy) is 3. The largest absolute Gasteiger partial charge is 0.493 e. The third kappa shape index (κ3) is 5.44. The van der Waals surface area contributed by atoms with Crippen molar-refractivity contribution in [3.05, 3.63) is 71.5 Å². The lowest BCUT2D eigenvalue weighted by Gasteiger charge is -2.16. The van der Waals surface area contributed by atoms with Gasteiger partial charge in [-0.15, -0.1) is 16.8 Å². The maximum absolute atomic E-state index is 12.7. The van der Waals surface area contributed by atoms with Gasteiger partial charge in [0.15, 0.2) is 34.4 Å². The molecule has 0 amide bonds. The van der Waals surface area contributed by atoms with Crippen molar-refractivity contribution in [2.24, 2.45) is 0 Å². The number of carbonyl (C=O) groups excluding carboxylic acids is 1. The maximum Gasteiger partial charge on any atom is 0.192 e. The van der Waals surface area contributed by atoms with E-state index >= 15 is 0 Å². The van der Waals surface area contributed by atoms with Crippen LogP contribution in [-0.4, -0.2) is 40.5 Å². The number of nitrogens with zero attached hydrogens (tertiary/aromatic N) is 3. The molecule has 0 aliphatic heterocycles. The summed E-state index contributed by atoms with van der Waals surface area (Å²) in [5.41, 5.74) is 0.528. The summed E-state index contributed by atoms with van der Waals surface area (Å²) in [5.74, 6) is 2.37. The van der Waals surface area contributed by atoms with Gasteiger partial charge in [0.1, 0.15) is 5.75 Å². The zero-order chi connectivity index (χ0) is 23.1. The molecule has 0 bridgehead atoms. The Kier molecular flexibility index (Phi) is 8.19. The highest BCUT2D eigenvalue weighted by atomic mass is 35.5. The van der Waals surface area contributed by atoms with Crippen LogP contribution in [0.5, 0.6) is 17.2 Å². The average Bonchev–Trinajstić information content (AvgIpc) is 3.21. The van der Waals surface area contributed by atoms with E-state index in [0.29, 0.717) is 45.4 Å². The standard InChI is InChI=1S/C23H24ClN3O4S/c1-5-12-27-22(15(2)31-19-9-7-6-8-17(19)24)25-26-23(27)32-14-18(28)16-10-11-20(29-3)21(13-16)30-4/h5-11,13,15H,1,12,14H2,2-4H3. The highest BCUT2D eigenvalue weighted by molar-refractivity contribution is 7.99. The van der Waals surface area contributed by atoms with Crippen molar-refractivity contribution in [1.29, 1.82) is 0 Å². The number of hydrogen-bond acceptors (Lipinski definition) is 7. The van der Waals surface area contributed by atoms with Crippen LogP contribution >= 0.6 is 23.4 Å². The van der Waals surface area contributed by atoms with Crippen LogP contribution in [0.2, 0.25) is 5.02 Å². The van der Waals surface area contributed by atoms with E-state index in [-0.39, 0.29) is 11.5 Å². The molecule has 9 heteroatoms. The minimum atomic E-state index is -0.404. The number of ketones is 1. The molecule has 2 aromatic carbocycles. The predicted molar refractivity (Wildman–Crippen MR) is 125 cm³/mol. The third-order valence-corrected chi connectivity index (χ3v) is 5.88. The molecule has 0 saturated heterocycles. The number of rotatable bonds is 11. The van der Waals surface area contributed by atoms with Gasteiger partial charge in [-0.25, -0.2) is 0 Å². The molecule has 1 aromatic heterocycles. The van der Waals surface area contributed by atoms with Crippen LogP contribution in [0.15, 0.2) is 60.3 Å². The molecule has 0 aliphatic carbocycles. The summed E-state index contributed by atoms with van der Waals surface area (Å²) in [6, 6.07) is 12.3. The molecule has 1 atom stereocenters. The number of para-hydroxylation sites is 1. The first kappa shape index (κ1) is 23.7. The smallest absolute Gasteiger partial charge is 0.192 e. The van der Waals surface area contributed by atoms with Crippen LogP contribution in [0, 0.1) is 0 Å². The molecule has 3 aromatic rings. The Morgan fingerprint density at radius 2 is 1.91 bits per heavy atom. The maximum atomic E-state index is 12.7. The van der Waals surface area contributed by atoms with Gasteiger partial charge in [-0.2, -0.15) is 0 Å². The number of benzene rings is 2. The Morgan fingerprint density at radius 1 is 1.16 bits per heavy atom. The topological polar surface area (TPSA) is 75.5 Å². The molecule has 7 nitrogen and oxygen atoms in total. The zero-order valence-corrected chi connectivity index (χ0v) is 19.7. The Morgan fingerprint density at radius 3 is 2.59 bits per heavy atom. The van der Waals surface area contributed by atoms with Gasteiger partial charge < -0.3 is 14.2 Å². The molecule has 0 spiro atoms. The minimum absolute atomic E-state index is 0.0639. The van der Waals surface area contributed by atoms with E-state index < -0.39 is 6.10 Å². The van der Waals surface area contributed by atoms with Crippen molar-refractivity contribution in [1.82, 2.24) is 14.8 Å². The molecule has 1 heterocycles. The number of thioether (sulfide) groups is 1. The SMILES string of the molecule is C=CCn1c(SCC(=O)c2ccc(OC)c(OC)c2)nnc1C(C)Oc1ccccc1Cl. The second-order valence-electron chi connectivity index (χ2n) is 6.71. The summed E-state index contributed by atoms with van der Waals surface area (Å²) in [6.07, 6.45) is 1.34. The molecular formula is C23H24ClN3O4S. The first-order valence-electron chi connectivity index (χ1n) is 9.81. The molecule has 0 radical (unpaired) electrons. The molecule has 0 saturated carbocycles. The molecular weight excluding hydrogens is 450 g/mol. The van der Waals surface area contributed by atoms with E-state index in [1.54, 1.807) is 43.5 Å². The lowest BCUT2D eigenvalue weighted by Crippen LogP contribution is -2.13. The number of methoxy groups -OCH3 is 2. The Bertz CT molecular complexity index is 1100. The van der Waals surface area contributed by atoms with Crippen LogP contribution in [0.25, 0.3) is 0 Å². The second kappa shape index (κ2) is 11.1. The van der Waals surface area contributed by atoms with Gasteiger partial charge in [-0.3, -0.25) is 9.36 Å². The first-order valence-corrected chi connectivity index (χ1v) is 11.2. The van der Waals surface area contributed by atoms with E-state index in [0.717, 1.165) is 0 Å². The average molecular weight is 474 g/mol. The van der Waals surface area contributed by atoms with E-state index in [9.17, 15) is 4.79 Å². The zero-order valence-electron chi connectivity index (χ0n) is 18.1. The summed E-state index contributed by atoms with van der Waals surface area (Å²) in [5, 5.41) is 9.67. The van der Waals surface area contributed by atoms with Crippen LogP contribution in [0.3, 0.4) is 0 Å². The van der Waals surface area contributed by atoms with Crippen molar-refractivity contribution in [2.45, 2.75) is 24.7 Å². The molecule has 3 rings (SSSR count). The van der Waals surface area contributed by atoms with Crippen LogP contribution < -0.4 is 14.2 Å². The number of carbonyl (C=O) groups is 1. The van der Waals surface area contributed by atoms with Gasteiger partial charge in [0.2, 0.25) is 0 Å². The van der Waals surface area contributed by atoms with Gasteiger partial charge in [-0.1, -0.05) is 41.6 Å². The number of halogens is 1. The fourth-order valence-corrected chi connectivity index (χ4v) is 4.04. The Labute approximate surface area is 196 Å². The van der Waals surface area contributed by atoms with Gasteiger partial charge in [0.25, 0.3) is 0 Å². The van der Waals surface area contributed by atoms with Crippen molar-refractivity contribution in [2.75, 3.05) is 20.0 Å². The summed E-state index contributed by atoms with van der Waals surface area (Å²) < 4.78 is 18.4. The molecule has 1 unspecified atom stereocenters. The summed E-state index contributed by atoms with van der Waals surface area (Å²) >= 11 is 7.50. The monoisotopic (exact) mass is 473 g/mol. The number of allylic oxidation sites excluding steroid dienone is 1. The number of hydrogen-bond donors (Lipinski definition) is 0. The van der Waals surface area contributed by atoms with Crippen molar-refractivity contribution < 1.29 is 19.0 Å². The van der Waals surface area contributed by atoms with Crippen molar-refractivity contribution >= 4 is 29.1 Å². The van der Waals surface area contributed by atoms with Gasteiger partial charge in [0.05, 0.1) is 25.0 Å². The highest BCUT2D eigenvalue weighted by Gasteiger charge is 2.21. The molecule has 0 fully saturated rings. The lowest BCUT2D eigenvalue weighted by atomic mass is 10.1. The van der Waals surface area contributed by atoms with E-state index in [4.69, 9.17) is 25.8 Å². The third-order valence-electron chi connectivity index (χ3n) is 4.60. The molecule has 0 aliphatic rings. The number of aromatic nitrogens is 3. The number of Topliss-reactive ketones (excluding diaryl/α,β-unsaturated/α-hetero) is 1. The summed E-state index contributed by atoms with van der Waals surface area (Å²) in [6.45, 7) is 6.16. The Hall–Kier alpha value is -2.97. The van der Waals surface area contributed by atoms with Crippen molar-refractivity contribution in [3.63, 3.8) is 0 Å². The van der Waals surface area contributed by atoms with E-state index in [1.807, 2.05) is 23.6 Å². The van der Waals surface area contributed by atoms with Crippen LogP contribution in [-0.2, 0) is 6.54 Å². The fourth-order valence-electron chi connectivity index (χ4n) is 3.01. The van der Waals surface area contributed by atoms with Crippen molar-refractivity contribution in [3.8, 4) is 17.2 Å². The summed E-state index contributed by atoms with van der Waals surface area (Å²) in [4.78, 5) is 12.7. The highest BCUT2D eigenvalue weighted by Crippen LogP contribution is 2.31. The minimum Gasteiger partial charge on any atom is -0.493 e. The van der Waals surface area contributed by atoms with Gasteiger partial charge in [0, 0.05) is 12.1 Å². The summed E-state index contributed by atoms with van der Waals surface area (Å²) in [7, 11) is 3.08. The quantitative estimate of drug-likeness (QED) is 0.214. The second-order valence-corrected chi connectivity index (χ2v) is 8.06. The lowest BCUT2D eigenvalue weighted by molar-refractivity contribution is 0.102. The Balaban J connectivity index is 1.74. The fraction of sp³-hybridized carbons (Fsp3) is 0.261. The van der Waals surface area contributed by atoms with Gasteiger partial charge in [-0.05, 0) is 37.3 Å². The first-order chi connectivity index (χ1) is 15.5. The van der Waals surface area contributed by atoms with Gasteiger partial charge >= 0.3 is 0 Å². The molecule has 32 heavy (non-hydrogen) atoms. The van der Waals surface area contributed by atoms with Crippen LogP contribution in [0.4, 0.5) is 0 Å².